The Morgan fingerprint density at radius 3 is 2.43 bits per heavy atom. The first kappa shape index (κ1) is 17.4. The molecule has 1 rings (SSSR count). The molecule has 0 aliphatic carbocycles. The molecule has 21 heavy (non-hydrogen) atoms. The van der Waals surface area contributed by atoms with Crippen LogP contribution in [0.4, 0.5) is 0 Å². The number of methoxy groups -OCH3 is 2. The van der Waals surface area contributed by atoms with E-state index in [1.807, 2.05) is 0 Å². The molecule has 7 nitrogen and oxygen atoms in total. The third-order valence-electron chi connectivity index (χ3n) is 2.95. The predicted molar refractivity (Wildman–Crippen MR) is 76.2 cm³/mol. The van der Waals surface area contributed by atoms with Crippen molar-refractivity contribution in [2.45, 2.75) is 24.3 Å². The molecule has 1 aromatic rings. The summed E-state index contributed by atoms with van der Waals surface area (Å²) in [7, 11) is -1.04. The van der Waals surface area contributed by atoms with Crippen molar-refractivity contribution in [3.05, 3.63) is 23.8 Å². The van der Waals surface area contributed by atoms with Gasteiger partial charge in [0.25, 0.3) is 0 Å². The molecule has 0 unspecified atom stereocenters. The number of benzene rings is 1. The standard InChI is InChI=1S/C13H19NO6S/c1-13(2,20-4)8-14-21(17,18)9-5-6-11(19-3)10(7-9)12(15)16/h5-7,14H,8H2,1-4H3,(H,15,16). The first-order valence-corrected chi connectivity index (χ1v) is 7.57. The van der Waals surface area contributed by atoms with Crippen LogP contribution in [0.3, 0.4) is 0 Å². The predicted octanol–water partition coefficient (Wildman–Crippen LogP) is 1.10. The minimum atomic E-state index is -3.83. The lowest BCUT2D eigenvalue weighted by Crippen LogP contribution is -2.39. The lowest BCUT2D eigenvalue weighted by Gasteiger charge is -2.23. The van der Waals surface area contributed by atoms with Gasteiger partial charge in [0.1, 0.15) is 11.3 Å². The highest BCUT2D eigenvalue weighted by molar-refractivity contribution is 7.89. The smallest absolute Gasteiger partial charge is 0.339 e. The molecule has 0 amide bonds. The number of sulfonamides is 1. The Labute approximate surface area is 123 Å². The summed E-state index contributed by atoms with van der Waals surface area (Å²) in [6.45, 7) is 3.51. The lowest BCUT2D eigenvalue weighted by atomic mass is 10.1. The molecular formula is C13H19NO6S. The van der Waals surface area contributed by atoms with Crippen LogP contribution in [-0.2, 0) is 14.8 Å². The van der Waals surface area contributed by atoms with E-state index in [2.05, 4.69) is 4.72 Å². The number of hydrogen-bond donors (Lipinski definition) is 2. The normalized spacial score (nSPS) is 12.2. The number of carboxylic acid groups (broad SMARTS) is 1. The van der Waals surface area contributed by atoms with E-state index in [0.29, 0.717) is 0 Å². The Kier molecular flexibility index (Phi) is 5.32. The van der Waals surface area contributed by atoms with E-state index in [-0.39, 0.29) is 22.8 Å². The fraction of sp³-hybridized carbons (Fsp3) is 0.462. The second-order valence-electron chi connectivity index (χ2n) is 4.96. The third-order valence-corrected chi connectivity index (χ3v) is 4.35. The first-order chi connectivity index (χ1) is 9.63. The number of rotatable bonds is 7. The number of ether oxygens (including phenoxy) is 2. The molecule has 0 atom stereocenters. The molecule has 0 spiro atoms. The first-order valence-electron chi connectivity index (χ1n) is 6.09. The zero-order valence-corrected chi connectivity index (χ0v) is 13.2. The van der Waals surface area contributed by atoms with Crippen LogP contribution < -0.4 is 9.46 Å². The second-order valence-corrected chi connectivity index (χ2v) is 6.72. The maximum absolute atomic E-state index is 12.2. The second kappa shape index (κ2) is 6.42. The van der Waals surface area contributed by atoms with Gasteiger partial charge in [0.2, 0.25) is 10.0 Å². The van der Waals surface area contributed by atoms with Gasteiger partial charge in [0.15, 0.2) is 0 Å². The highest BCUT2D eigenvalue weighted by atomic mass is 32.2. The number of nitrogens with one attached hydrogen (secondary N) is 1. The minimum absolute atomic E-state index is 0.0558. The molecule has 0 aliphatic rings. The quantitative estimate of drug-likeness (QED) is 0.780. The summed E-state index contributed by atoms with van der Waals surface area (Å²) in [5.41, 5.74) is -0.888. The van der Waals surface area contributed by atoms with Crippen LogP contribution in [-0.4, -0.2) is 45.9 Å². The molecule has 0 saturated heterocycles. The fourth-order valence-electron chi connectivity index (χ4n) is 1.45. The van der Waals surface area contributed by atoms with Crippen molar-refractivity contribution < 1.29 is 27.8 Å². The van der Waals surface area contributed by atoms with Gasteiger partial charge in [-0.2, -0.15) is 0 Å². The van der Waals surface area contributed by atoms with Gasteiger partial charge >= 0.3 is 5.97 Å². The van der Waals surface area contributed by atoms with Crippen LogP contribution >= 0.6 is 0 Å². The van der Waals surface area contributed by atoms with Crippen LogP contribution in [0.1, 0.15) is 24.2 Å². The van der Waals surface area contributed by atoms with Crippen molar-refractivity contribution >= 4 is 16.0 Å². The van der Waals surface area contributed by atoms with E-state index in [4.69, 9.17) is 14.6 Å². The van der Waals surface area contributed by atoms with Crippen LogP contribution in [0.15, 0.2) is 23.1 Å². The Hall–Kier alpha value is -1.64. The molecule has 118 valence electrons. The largest absolute Gasteiger partial charge is 0.496 e. The average molecular weight is 317 g/mol. The van der Waals surface area contributed by atoms with Crippen molar-refractivity contribution in [1.82, 2.24) is 4.72 Å². The highest BCUT2D eigenvalue weighted by Crippen LogP contribution is 2.22. The summed E-state index contributed by atoms with van der Waals surface area (Å²) in [6.07, 6.45) is 0. The maximum atomic E-state index is 12.2. The van der Waals surface area contributed by atoms with Gasteiger partial charge < -0.3 is 14.6 Å². The number of carboxylic acids is 1. The molecular weight excluding hydrogens is 298 g/mol. The van der Waals surface area contributed by atoms with Crippen LogP contribution in [0, 0.1) is 0 Å². The molecule has 2 N–H and O–H groups in total. The molecule has 0 fully saturated rings. The Morgan fingerprint density at radius 1 is 1.33 bits per heavy atom. The van der Waals surface area contributed by atoms with Crippen LogP contribution in [0.5, 0.6) is 5.75 Å². The Morgan fingerprint density at radius 2 is 1.95 bits per heavy atom. The molecule has 0 saturated carbocycles. The molecule has 0 aromatic heterocycles. The summed E-state index contributed by atoms with van der Waals surface area (Å²) >= 11 is 0. The van der Waals surface area contributed by atoms with E-state index in [0.717, 1.165) is 6.07 Å². The Balaban J connectivity index is 3.09. The highest BCUT2D eigenvalue weighted by Gasteiger charge is 2.23. The van der Waals surface area contributed by atoms with Crippen LogP contribution in [0.2, 0.25) is 0 Å². The van der Waals surface area contributed by atoms with Gasteiger partial charge in [-0.05, 0) is 32.0 Å². The van der Waals surface area contributed by atoms with E-state index in [1.165, 1.54) is 26.4 Å². The lowest BCUT2D eigenvalue weighted by molar-refractivity contribution is 0.0276. The van der Waals surface area contributed by atoms with Crippen molar-refractivity contribution in [2.24, 2.45) is 0 Å². The molecule has 0 aliphatic heterocycles. The molecule has 0 radical (unpaired) electrons. The minimum Gasteiger partial charge on any atom is -0.496 e. The van der Waals surface area contributed by atoms with Gasteiger partial charge in [-0.15, -0.1) is 0 Å². The van der Waals surface area contributed by atoms with E-state index < -0.39 is 21.6 Å². The van der Waals surface area contributed by atoms with E-state index in [1.54, 1.807) is 13.8 Å². The van der Waals surface area contributed by atoms with Crippen molar-refractivity contribution in [3.63, 3.8) is 0 Å². The van der Waals surface area contributed by atoms with Crippen molar-refractivity contribution in [2.75, 3.05) is 20.8 Å². The number of aromatic carboxylic acids is 1. The van der Waals surface area contributed by atoms with Gasteiger partial charge in [-0.25, -0.2) is 17.9 Å². The number of hydrogen-bond acceptors (Lipinski definition) is 5. The van der Waals surface area contributed by atoms with Gasteiger partial charge in [0, 0.05) is 13.7 Å². The fourth-order valence-corrected chi connectivity index (χ4v) is 2.67. The third kappa shape index (κ3) is 4.42. The summed E-state index contributed by atoms with van der Waals surface area (Å²) in [6, 6.07) is 3.65. The molecule has 0 heterocycles. The molecule has 8 heteroatoms. The summed E-state index contributed by atoms with van der Waals surface area (Å²) < 4.78 is 36.7. The van der Waals surface area contributed by atoms with Gasteiger partial charge in [-0.1, -0.05) is 0 Å². The van der Waals surface area contributed by atoms with E-state index >= 15 is 0 Å². The van der Waals surface area contributed by atoms with Gasteiger partial charge in [-0.3, -0.25) is 0 Å². The van der Waals surface area contributed by atoms with Crippen LogP contribution in [0.25, 0.3) is 0 Å². The van der Waals surface area contributed by atoms with Crippen molar-refractivity contribution in [1.29, 1.82) is 0 Å². The Bertz CT molecular complexity index is 624. The van der Waals surface area contributed by atoms with Crippen molar-refractivity contribution in [3.8, 4) is 5.75 Å². The zero-order valence-electron chi connectivity index (χ0n) is 12.3. The molecule has 0 bridgehead atoms. The summed E-state index contributed by atoms with van der Waals surface area (Å²) in [5, 5.41) is 9.07. The average Bonchev–Trinajstić information content (AvgIpc) is 2.44. The maximum Gasteiger partial charge on any atom is 0.339 e. The zero-order chi connectivity index (χ0) is 16.3. The monoisotopic (exact) mass is 317 g/mol. The van der Waals surface area contributed by atoms with Gasteiger partial charge in [0.05, 0.1) is 17.6 Å². The summed E-state index contributed by atoms with van der Waals surface area (Å²) in [4.78, 5) is 11.0. The molecule has 1 aromatic carbocycles. The van der Waals surface area contributed by atoms with E-state index in [9.17, 15) is 13.2 Å². The number of carbonyl (C=O) groups is 1. The summed E-state index contributed by atoms with van der Waals surface area (Å²) in [5.74, 6) is -1.17. The SMILES string of the molecule is COc1ccc(S(=O)(=O)NCC(C)(C)OC)cc1C(=O)O. The topological polar surface area (TPSA) is 102 Å².